The molecule has 4 fully saturated rings. The minimum atomic E-state index is -0.750. The van der Waals surface area contributed by atoms with Crippen molar-refractivity contribution in [3.63, 3.8) is 0 Å². The molecule has 6 nitrogen and oxygen atoms in total. The molecule has 0 aliphatic heterocycles. The zero-order chi connectivity index (χ0) is 26.3. The number of nitrogens with one attached hydrogen (secondary N) is 1. The van der Waals surface area contributed by atoms with Crippen LogP contribution in [0.3, 0.4) is 0 Å². The lowest BCUT2D eigenvalue weighted by atomic mass is 9.43. The number of rotatable bonds is 9. The number of hydrogen-bond acceptors (Lipinski definition) is 4. The highest BCUT2D eigenvalue weighted by atomic mass is 16.4. The molecule has 6 heteroatoms. The van der Waals surface area contributed by atoms with Crippen molar-refractivity contribution in [2.75, 3.05) is 0 Å². The predicted molar refractivity (Wildman–Crippen MR) is 140 cm³/mol. The van der Waals surface area contributed by atoms with Crippen LogP contribution < -0.4 is 5.32 Å². The van der Waals surface area contributed by atoms with E-state index >= 15 is 0 Å². The second-order valence-electron chi connectivity index (χ2n) is 13.5. The molecule has 0 aromatic rings. The Hall–Kier alpha value is -1.14. The van der Waals surface area contributed by atoms with Gasteiger partial charge in [0.2, 0.25) is 5.91 Å². The van der Waals surface area contributed by atoms with Crippen molar-refractivity contribution in [2.24, 2.45) is 46.3 Å². The first-order valence-electron chi connectivity index (χ1n) is 14.9. The van der Waals surface area contributed by atoms with Gasteiger partial charge in [0, 0.05) is 18.9 Å². The van der Waals surface area contributed by atoms with Gasteiger partial charge in [-0.3, -0.25) is 9.59 Å². The maximum Gasteiger partial charge on any atom is 0.303 e. The fourth-order valence-corrected chi connectivity index (χ4v) is 9.67. The minimum absolute atomic E-state index is 0.0860. The number of unbranched alkanes of at least 4 members (excludes halogenated alkanes) is 2. The first kappa shape index (κ1) is 27.9. The smallest absolute Gasteiger partial charge is 0.303 e. The van der Waals surface area contributed by atoms with E-state index in [1.807, 2.05) is 0 Å². The van der Waals surface area contributed by atoms with Gasteiger partial charge in [-0.15, -0.1) is 0 Å². The topological polar surface area (TPSA) is 107 Å². The van der Waals surface area contributed by atoms with Gasteiger partial charge in [-0.1, -0.05) is 40.5 Å². The van der Waals surface area contributed by atoms with Crippen LogP contribution in [0.25, 0.3) is 0 Å². The molecule has 5 unspecified atom stereocenters. The zero-order valence-electron chi connectivity index (χ0n) is 23.0. The fraction of sp³-hybridized carbons (Fsp3) is 0.933. The second-order valence-corrected chi connectivity index (χ2v) is 13.5. The molecule has 11 atom stereocenters. The number of carbonyl (C=O) groups is 2. The van der Waals surface area contributed by atoms with Crippen LogP contribution in [0.4, 0.5) is 0 Å². The highest BCUT2D eigenvalue weighted by Crippen LogP contribution is 2.68. The third kappa shape index (κ3) is 4.98. The van der Waals surface area contributed by atoms with Crippen LogP contribution in [0.15, 0.2) is 0 Å². The van der Waals surface area contributed by atoms with Crippen molar-refractivity contribution in [1.29, 1.82) is 0 Å². The van der Waals surface area contributed by atoms with Gasteiger partial charge in [0.05, 0.1) is 12.2 Å². The van der Waals surface area contributed by atoms with Gasteiger partial charge in [-0.25, -0.2) is 0 Å². The van der Waals surface area contributed by atoms with E-state index in [0.717, 1.165) is 64.2 Å². The van der Waals surface area contributed by atoms with Gasteiger partial charge in [0.1, 0.15) is 0 Å². The first-order valence-corrected chi connectivity index (χ1v) is 14.9. The standard InChI is InChI=1S/C30H51NO5/c1-5-6-7-8-26(34)31-20-13-14-29(3)19(15-20)16-24(32)28-22-11-10-21(18(2)9-12-27(35)36)30(22,4)25(33)17-23(28)29/h18-25,28,32-33H,5-17H2,1-4H3,(H,31,34)(H,35,36)/t18-,19?,20+,21-,22?,23?,24?,25+,28?,29+,30-/m1/s1. The molecule has 0 aromatic heterocycles. The molecule has 4 saturated carbocycles. The lowest BCUT2D eigenvalue weighted by Gasteiger charge is -2.63. The quantitative estimate of drug-likeness (QED) is 0.324. The normalized spacial score (nSPS) is 44.7. The average molecular weight is 506 g/mol. The Kier molecular flexibility index (Phi) is 8.46. The van der Waals surface area contributed by atoms with Crippen molar-refractivity contribution < 1.29 is 24.9 Å². The van der Waals surface area contributed by atoms with Gasteiger partial charge >= 0.3 is 5.97 Å². The molecule has 4 aliphatic rings. The van der Waals surface area contributed by atoms with Crippen LogP contribution in [-0.4, -0.2) is 45.4 Å². The molecule has 0 saturated heterocycles. The number of aliphatic carboxylic acids is 1. The summed E-state index contributed by atoms with van der Waals surface area (Å²) in [5.41, 5.74) is -0.171. The van der Waals surface area contributed by atoms with Crippen molar-refractivity contribution in [3.05, 3.63) is 0 Å². The van der Waals surface area contributed by atoms with E-state index in [-0.39, 0.29) is 53.1 Å². The van der Waals surface area contributed by atoms with E-state index < -0.39 is 12.1 Å². The molecule has 36 heavy (non-hydrogen) atoms. The molecule has 0 heterocycles. The molecule has 0 aromatic carbocycles. The Balaban J connectivity index is 1.46. The number of aliphatic hydroxyl groups excluding tert-OH is 2. The SMILES string of the molecule is CCCCCC(=O)N[C@H]1CC[C@@]2(C)C(CC(O)C3C2C[C@H](O)[C@@]2(C)C3CC[C@@H]2[C@H](C)CCC(=O)O)C1. The Morgan fingerprint density at radius 2 is 1.75 bits per heavy atom. The third-order valence-electron chi connectivity index (χ3n) is 11.7. The summed E-state index contributed by atoms with van der Waals surface area (Å²) in [6.07, 6.45) is 10.3. The maximum atomic E-state index is 12.5. The van der Waals surface area contributed by atoms with Gasteiger partial charge in [0.15, 0.2) is 0 Å². The van der Waals surface area contributed by atoms with Gasteiger partial charge in [-0.2, -0.15) is 0 Å². The number of carboxylic acid groups (broad SMARTS) is 1. The molecular weight excluding hydrogens is 454 g/mol. The predicted octanol–water partition coefficient (Wildman–Crippen LogP) is 5.15. The summed E-state index contributed by atoms with van der Waals surface area (Å²) < 4.78 is 0. The molecule has 4 N–H and O–H groups in total. The highest BCUT2D eigenvalue weighted by molar-refractivity contribution is 5.76. The van der Waals surface area contributed by atoms with Gasteiger partial charge < -0.3 is 20.6 Å². The number of aliphatic hydroxyl groups is 2. The molecule has 0 bridgehead atoms. The molecule has 4 rings (SSSR count). The van der Waals surface area contributed by atoms with E-state index in [1.165, 1.54) is 0 Å². The Morgan fingerprint density at radius 1 is 1.00 bits per heavy atom. The number of hydrogen-bond donors (Lipinski definition) is 4. The van der Waals surface area contributed by atoms with Crippen molar-refractivity contribution in [2.45, 2.75) is 129 Å². The fourth-order valence-electron chi connectivity index (χ4n) is 9.67. The Bertz CT molecular complexity index is 802. The number of amides is 1. The van der Waals surface area contributed by atoms with E-state index in [2.05, 4.69) is 33.0 Å². The number of carbonyl (C=O) groups excluding carboxylic acids is 1. The second kappa shape index (κ2) is 10.9. The average Bonchev–Trinajstić information content (AvgIpc) is 3.18. The van der Waals surface area contributed by atoms with Crippen LogP contribution in [-0.2, 0) is 9.59 Å². The zero-order valence-corrected chi connectivity index (χ0v) is 23.0. The van der Waals surface area contributed by atoms with E-state index in [4.69, 9.17) is 0 Å². The molecule has 206 valence electrons. The molecule has 0 spiro atoms. The van der Waals surface area contributed by atoms with Gasteiger partial charge in [0.25, 0.3) is 0 Å². The molecule has 1 amide bonds. The molecular formula is C30H51NO5. The van der Waals surface area contributed by atoms with Crippen molar-refractivity contribution >= 4 is 11.9 Å². The van der Waals surface area contributed by atoms with Crippen molar-refractivity contribution in [3.8, 4) is 0 Å². The summed E-state index contributed by atoms with van der Waals surface area (Å²) in [5, 5.41) is 35.7. The Morgan fingerprint density at radius 3 is 2.44 bits per heavy atom. The number of fused-ring (bicyclic) bond motifs is 5. The maximum absolute atomic E-state index is 12.5. The van der Waals surface area contributed by atoms with E-state index in [9.17, 15) is 24.9 Å². The highest BCUT2D eigenvalue weighted by Gasteiger charge is 2.65. The van der Waals surface area contributed by atoms with Crippen LogP contribution >= 0.6 is 0 Å². The van der Waals surface area contributed by atoms with Gasteiger partial charge in [-0.05, 0) is 104 Å². The monoisotopic (exact) mass is 505 g/mol. The molecule has 0 radical (unpaired) electrons. The van der Waals surface area contributed by atoms with Crippen LogP contribution in [0.1, 0.15) is 111 Å². The van der Waals surface area contributed by atoms with E-state index in [0.29, 0.717) is 30.6 Å². The Labute approximate surface area is 218 Å². The summed E-state index contributed by atoms with van der Waals surface area (Å²) in [6.45, 7) is 8.95. The van der Waals surface area contributed by atoms with Crippen LogP contribution in [0.2, 0.25) is 0 Å². The summed E-state index contributed by atoms with van der Waals surface area (Å²) in [7, 11) is 0. The van der Waals surface area contributed by atoms with Crippen molar-refractivity contribution in [1.82, 2.24) is 5.32 Å². The third-order valence-corrected chi connectivity index (χ3v) is 11.7. The van der Waals surface area contributed by atoms with E-state index in [1.54, 1.807) is 0 Å². The summed E-state index contributed by atoms with van der Waals surface area (Å²) in [4.78, 5) is 23.6. The molecule has 4 aliphatic carbocycles. The van der Waals surface area contributed by atoms with Crippen LogP contribution in [0.5, 0.6) is 0 Å². The van der Waals surface area contributed by atoms with Crippen LogP contribution in [0, 0.1) is 46.3 Å². The minimum Gasteiger partial charge on any atom is -0.481 e. The largest absolute Gasteiger partial charge is 0.481 e. The lowest BCUT2D eigenvalue weighted by Crippen LogP contribution is -2.63. The lowest BCUT2D eigenvalue weighted by molar-refractivity contribution is -0.202. The summed E-state index contributed by atoms with van der Waals surface area (Å²) in [5.74, 6) is 1.13. The first-order chi connectivity index (χ1) is 17.0. The summed E-state index contributed by atoms with van der Waals surface area (Å²) >= 11 is 0. The summed E-state index contributed by atoms with van der Waals surface area (Å²) in [6, 6.07) is 0.200. The number of carboxylic acids is 1.